The van der Waals surface area contributed by atoms with Gasteiger partial charge in [-0.2, -0.15) is 10.1 Å². The van der Waals surface area contributed by atoms with Gasteiger partial charge in [0.05, 0.1) is 28.4 Å². The molecule has 2 aromatic carbocycles. The summed E-state index contributed by atoms with van der Waals surface area (Å²) in [7, 11) is 6.43. The number of Topliss-reactive ketones (excluding diaryl/α,β-unsaturated/α-hetero) is 1. The fourth-order valence-corrected chi connectivity index (χ4v) is 4.83. The van der Waals surface area contributed by atoms with Gasteiger partial charge in [0.25, 0.3) is 0 Å². The molecule has 0 radical (unpaired) electrons. The molecule has 3 aromatic rings. The van der Waals surface area contributed by atoms with E-state index in [1.54, 1.807) is 33.1 Å². The number of benzene rings is 2. The van der Waals surface area contributed by atoms with Gasteiger partial charge in [-0.15, -0.1) is 0 Å². The van der Waals surface area contributed by atoms with Crippen LogP contribution in [0.3, 0.4) is 0 Å². The number of ketones is 1. The molecule has 34 heavy (non-hydrogen) atoms. The first kappa shape index (κ1) is 21.8. The normalized spacial score (nSPS) is 19.1. The van der Waals surface area contributed by atoms with E-state index in [1.807, 2.05) is 36.4 Å². The predicted octanol–water partition coefficient (Wildman–Crippen LogP) is 3.73. The van der Waals surface area contributed by atoms with E-state index < -0.39 is 6.04 Å². The first-order valence-corrected chi connectivity index (χ1v) is 10.9. The van der Waals surface area contributed by atoms with Gasteiger partial charge in [0.15, 0.2) is 17.3 Å². The van der Waals surface area contributed by atoms with Gasteiger partial charge in [-0.1, -0.05) is 6.07 Å². The number of allylic oxidation sites excluding steroid dienone is 2. The maximum absolute atomic E-state index is 13.7. The third-order valence-electron chi connectivity index (χ3n) is 6.47. The molecule has 0 saturated heterocycles. The summed E-state index contributed by atoms with van der Waals surface area (Å²) in [4.78, 5) is 18.1. The maximum Gasteiger partial charge on any atom is 0.226 e. The number of fused-ring (bicyclic) bond motifs is 1. The van der Waals surface area contributed by atoms with E-state index in [0.717, 1.165) is 16.8 Å². The number of carbonyl (C=O) groups is 1. The molecular formula is C25H26N4O5. The average Bonchev–Trinajstić information content (AvgIpc) is 3.34. The molecule has 2 aliphatic rings. The van der Waals surface area contributed by atoms with Crippen LogP contribution < -0.4 is 24.3 Å². The standard InChI is InChI=1S/C25H26N4O5/c1-31-16-6-8-20(32-2)17(12-16)24-23-18(28-25-26-13-27-29(24)25)9-15(10-19(23)30)14-5-7-21(33-3)22(11-14)34-4/h5-8,11-13,15,24H,9-10H2,1-4H3,(H,26,27,28). The molecule has 9 heteroatoms. The van der Waals surface area contributed by atoms with Crippen molar-refractivity contribution in [3.8, 4) is 23.0 Å². The van der Waals surface area contributed by atoms with E-state index in [-0.39, 0.29) is 11.7 Å². The zero-order valence-electron chi connectivity index (χ0n) is 19.5. The Morgan fingerprint density at radius 3 is 2.41 bits per heavy atom. The van der Waals surface area contributed by atoms with Gasteiger partial charge in [-0.3, -0.25) is 4.79 Å². The van der Waals surface area contributed by atoms with Crippen LogP contribution in [0.1, 0.15) is 35.9 Å². The largest absolute Gasteiger partial charge is 0.497 e. The summed E-state index contributed by atoms with van der Waals surface area (Å²) in [5.74, 6) is 3.23. The van der Waals surface area contributed by atoms with Gasteiger partial charge in [0, 0.05) is 23.3 Å². The number of hydrogen-bond donors (Lipinski definition) is 1. The van der Waals surface area contributed by atoms with Crippen molar-refractivity contribution in [2.75, 3.05) is 33.8 Å². The summed E-state index contributed by atoms with van der Waals surface area (Å²) in [5.41, 5.74) is 3.31. The number of anilines is 1. The van der Waals surface area contributed by atoms with Crippen LogP contribution in [0.4, 0.5) is 5.95 Å². The SMILES string of the molecule is COc1ccc(OC)c(C2C3=C(CC(c4ccc(OC)c(OC)c4)CC3=O)Nc3ncnn32)c1. The molecular weight excluding hydrogens is 436 g/mol. The van der Waals surface area contributed by atoms with Crippen molar-refractivity contribution in [3.63, 3.8) is 0 Å². The van der Waals surface area contributed by atoms with Crippen molar-refractivity contribution in [1.29, 1.82) is 0 Å². The Kier molecular flexibility index (Phi) is 5.61. The highest BCUT2D eigenvalue weighted by Crippen LogP contribution is 2.47. The summed E-state index contributed by atoms with van der Waals surface area (Å²) in [6.45, 7) is 0. The highest BCUT2D eigenvalue weighted by molar-refractivity contribution is 6.00. The number of nitrogens with zero attached hydrogens (tertiary/aromatic N) is 3. The first-order valence-electron chi connectivity index (χ1n) is 10.9. The highest BCUT2D eigenvalue weighted by atomic mass is 16.5. The number of aromatic nitrogens is 3. The third kappa shape index (κ3) is 3.53. The van der Waals surface area contributed by atoms with Gasteiger partial charge in [0.2, 0.25) is 5.95 Å². The number of carbonyl (C=O) groups excluding carboxylic acids is 1. The zero-order valence-corrected chi connectivity index (χ0v) is 19.5. The van der Waals surface area contributed by atoms with Crippen LogP contribution >= 0.6 is 0 Å². The van der Waals surface area contributed by atoms with E-state index in [0.29, 0.717) is 47.4 Å². The fraction of sp³-hybridized carbons (Fsp3) is 0.320. The van der Waals surface area contributed by atoms with Crippen LogP contribution in [0, 0.1) is 0 Å². The van der Waals surface area contributed by atoms with E-state index in [9.17, 15) is 4.79 Å². The number of nitrogens with one attached hydrogen (secondary N) is 1. The lowest BCUT2D eigenvalue weighted by Gasteiger charge is -2.35. The van der Waals surface area contributed by atoms with Gasteiger partial charge in [0.1, 0.15) is 23.9 Å². The molecule has 0 bridgehead atoms. The van der Waals surface area contributed by atoms with Gasteiger partial charge in [-0.25, -0.2) is 4.68 Å². The molecule has 1 aliphatic heterocycles. The van der Waals surface area contributed by atoms with E-state index in [1.165, 1.54) is 6.33 Å². The summed E-state index contributed by atoms with van der Waals surface area (Å²) in [6, 6.07) is 10.9. The molecule has 2 unspecified atom stereocenters. The Labute approximate surface area is 197 Å². The molecule has 0 saturated carbocycles. The van der Waals surface area contributed by atoms with Crippen molar-refractivity contribution in [3.05, 3.63) is 65.1 Å². The van der Waals surface area contributed by atoms with Crippen molar-refractivity contribution in [1.82, 2.24) is 14.8 Å². The van der Waals surface area contributed by atoms with Crippen LogP contribution in [0.15, 0.2) is 54.0 Å². The van der Waals surface area contributed by atoms with Gasteiger partial charge < -0.3 is 24.3 Å². The summed E-state index contributed by atoms with van der Waals surface area (Å²) in [5, 5.41) is 7.77. The number of rotatable bonds is 6. The monoisotopic (exact) mass is 462 g/mol. The molecule has 1 N–H and O–H groups in total. The lowest BCUT2D eigenvalue weighted by atomic mass is 9.77. The van der Waals surface area contributed by atoms with Crippen molar-refractivity contribution in [2.24, 2.45) is 0 Å². The summed E-state index contributed by atoms with van der Waals surface area (Å²) >= 11 is 0. The quantitative estimate of drug-likeness (QED) is 0.592. The lowest BCUT2D eigenvalue weighted by molar-refractivity contribution is -0.116. The Bertz CT molecular complexity index is 1280. The predicted molar refractivity (Wildman–Crippen MR) is 125 cm³/mol. The van der Waals surface area contributed by atoms with Crippen molar-refractivity contribution >= 4 is 11.7 Å². The number of ether oxygens (including phenoxy) is 4. The minimum absolute atomic E-state index is 0.0131. The van der Waals surface area contributed by atoms with E-state index in [4.69, 9.17) is 18.9 Å². The number of methoxy groups -OCH3 is 4. The summed E-state index contributed by atoms with van der Waals surface area (Å²) < 4.78 is 23.7. The second-order valence-electron chi connectivity index (χ2n) is 8.20. The molecule has 1 aromatic heterocycles. The molecule has 176 valence electrons. The zero-order chi connectivity index (χ0) is 23.8. The van der Waals surface area contributed by atoms with Crippen molar-refractivity contribution in [2.45, 2.75) is 24.8 Å². The first-order chi connectivity index (χ1) is 16.6. The van der Waals surface area contributed by atoms with Gasteiger partial charge >= 0.3 is 0 Å². The van der Waals surface area contributed by atoms with E-state index >= 15 is 0 Å². The van der Waals surface area contributed by atoms with E-state index in [2.05, 4.69) is 15.4 Å². The van der Waals surface area contributed by atoms with Crippen LogP contribution in [0.25, 0.3) is 0 Å². The topological polar surface area (TPSA) is 96.7 Å². The Hall–Kier alpha value is -4.01. The molecule has 1 aliphatic carbocycles. The average molecular weight is 463 g/mol. The van der Waals surface area contributed by atoms with Crippen LogP contribution in [0.5, 0.6) is 23.0 Å². The second kappa shape index (κ2) is 8.74. The fourth-order valence-electron chi connectivity index (χ4n) is 4.83. The minimum atomic E-state index is -0.474. The highest BCUT2D eigenvalue weighted by Gasteiger charge is 2.40. The molecule has 9 nitrogen and oxygen atoms in total. The molecule has 0 amide bonds. The summed E-state index contributed by atoms with van der Waals surface area (Å²) in [6.07, 6.45) is 2.49. The third-order valence-corrected chi connectivity index (χ3v) is 6.47. The lowest BCUT2D eigenvalue weighted by Crippen LogP contribution is -2.33. The minimum Gasteiger partial charge on any atom is -0.497 e. The molecule has 5 rings (SSSR count). The molecule has 2 atom stereocenters. The van der Waals surface area contributed by atoms with Gasteiger partial charge in [-0.05, 0) is 48.2 Å². The smallest absolute Gasteiger partial charge is 0.226 e. The van der Waals surface area contributed by atoms with Crippen LogP contribution in [0.2, 0.25) is 0 Å². The van der Waals surface area contributed by atoms with Crippen LogP contribution in [-0.4, -0.2) is 49.0 Å². The molecule has 2 heterocycles. The number of hydrogen-bond acceptors (Lipinski definition) is 8. The van der Waals surface area contributed by atoms with Crippen molar-refractivity contribution < 1.29 is 23.7 Å². The second-order valence-corrected chi connectivity index (χ2v) is 8.20. The maximum atomic E-state index is 13.7. The molecule has 0 spiro atoms. The molecule has 0 fully saturated rings. The Morgan fingerprint density at radius 1 is 0.912 bits per heavy atom. The van der Waals surface area contributed by atoms with Crippen LogP contribution in [-0.2, 0) is 4.79 Å². The Morgan fingerprint density at radius 2 is 1.68 bits per heavy atom. The Balaban J connectivity index is 1.59.